The van der Waals surface area contributed by atoms with E-state index in [2.05, 4.69) is 10.6 Å². The molecule has 8 heteroatoms. The summed E-state index contributed by atoms with van der Waals surface area (Å²) in [6.07, 6.45) is 4.49. The molecule has 0 bridgehead atoms. The number of nitrogens with one attached hydrogen (secondary N) is 2. The lowest BCUT2D eigenvalue weighted by molar-refractivity contribution is -0.208. The predicted molar refractivity (Wildman–Crippen MR) is 113 cm³/mol. The molecule has 3 aliphatic rings. The molecule has 0 aromatic carbocycles. The Balaban J connectivity index is 1.62. The average Bonchev–Trinajstić information content (AvgIpc) is 2.68. The van der Waals surface area contributed by atoms with E-state index in [0.29, 0.717) is 5.92 Å². The zero-order valence-electron chi connectivity index (χ0n) is 17.8. The minimum atomic E-state index is -1.30. The molecule has 0 aromatic heterocycles. The van der Waals surface area contributed by atoms with Crippen LogP contribution in [-0.2, 0) is 9.53 Å². The van der Waals surface area contributed by atoms with Crippen molar-refractivity contribution >= 4 is 17.7 Å². The minimum Gasteiger partial charge on any atom is -0.388 e. The molecule has 2 aliphatic heterocycles. The van der Waals surface area contributed by atoms with Crippen LogP contribution < -0.4 is 10.6 Å². The number of ether oxygens (including phenoxy) is 1. The van der Waals surface area contributed by atoms with Gasteiger partial charge in [0, 0.05) is 0 Å². The number of hydrogen-bond acceptors (Lipinski definition) is 7. The standard InChI is InChI=1S/C21H38N2O5S/c1-11(2)15(19-17(25)16(24)18(26)21(28-19)29-3)23-20(27)14-10-13(7-8-22-14)9-12-5-4-6-12/h11-19,21-22,24-26H,4-10H2,1-3H3,(H,23,27)/t13-,14-,15+,16-,17+,18+,19+,21+/m0/s1. The Hall–Kier alpha value is -0.380. The Morgan fingerprint density at radius 3 is 2.45 bits per heavy atom. The molecule has 168 valence electrons. The van der Waals surface area contributed by atoms with Crippen LogP contribution in [-0.4, -0.2) is 76.0 Å². The molecule has 1 saturated carbocycles. The molecule has 1 aliphatic carbocycles. The third-order valence-electron chi connectivity index (χ3n) is 6.94. The van der Waals surface area contributed by atoms with E-state index in [1.807, 2.05) is 13.8 Å². The molecular weight excluding hydrogens is 392 g/mol. The van der Waals surface area contributed by atoms with Gasteiger partial charge in [0.1, 0.15) is 29.9 Å². The third-order valence-corrected chi connectivity index (χ3v) is 7.79. The first-order valence-corrected chi connectivity index (χ1v) is 12.4. The van der Waals surface area contributed by atoms with E-state index < -0.39 is 35.9 Å². The van der Waals surface area contributed by atoms with Gasteiger partial charge in [-0.05, 0) is 49.8 Å². The van der Waals surface area contributed by atoms with Crippen LogP contribution in [0.15, 0.2) is 0 Å². The van der Waals surface area contributed by atoms with E-state index in [9.17, 15) is 20.1 Å². The lowest BCUT2D eigenvalue weighted by Crippen LogP contribution is -2.65. The Morgan fingerprint density at radius 1 is 1.14 bits per heavy atom. The monoisotopic (exact) mass is 430 g/mol. The van der Waals surface area contributed by atoms with E-state index in [0.717, 1.165) is 25.3 Å². The van der Waals surface area contributed by atoms with Crippen LogP contribution in [0.25, 0.3) is 0 Å². The first-order valence-electron chi connectivity index (χ1n) is 11.1. The highest BCUT2D eigenvalue weighted by Gasteiger charge is 2.47. The van der Waals surface area contributed by atoms with Gasteiger partial charge in [-0.25, -0.2) is 0 Å². The van der Waals surface area contributed by atoms with Gasteiger partial charge in [-0.2, -0.15) is 0 Å². The van der Waals surface area contributed by atoms with Crippen molar-refractivity contribution in [1.29, 1.82) is 0 Å². The van der Waals surface area contributed by atoms with Gasteiger partial charge < -0.3 is 30.7 Å². The van der Waals surface area contributed by atoms with Crippen molar-refractivity contribution in [3.8, 4) is 0 Å². The van der Waals surface area contributed by atoms with Gasteiger partial charge in [0.05, 0.1) is 12.1 Å². The van der Waals surface area contributed by atoms with Crippen molar-refractivity contribution in [1.82, 2.24) is 10.6 Å². The topological polar surface area (TPSA) is 111 Å². The minimum absolute atomic E-state index is 0.00193. The molecule has 0 radical (unpaired) electrons. The summed E-state index contributed by atoms with van der Waals surface area (Å²) in [5, 5.41) is 37.3. The summed E-state index contributed by atoms with van der Waals surface area (Å²) in [7, 11) is 0. The van der Waals surface area contributed by atoms with Crippen molar-refractivity contribution in [3.05, 3.63) is 0 Å². The maximum absolute atomic E-state index is 13.0. The number of amides is 1. The van der Waals surface area contributed by atoms with Gasteiger partial charge in [-0.1, -0.05) is 33.1 Å². The van der Waals surface area contributed by atoms with Gasteiger partial charge in [0.2, 0.25) is 5.91 Å². The van der Waals surface area contributed by atoms with Crippen LogP contribution in [0.5, 0.6) is 0 Å². The molecule has 3 fully saturated rings. The van der Waals surface area contributed by atoms with E-state index in [-0.39, 0.29) is 17.9 Å². The van der Waals surface area contributed by atoms with Crippen LogP contribution in [0, 0.1) is 17.8 Å². The average molecular weight is 431 g/mol. The SMILES string of the molecule is CS[C@H]1O[C@H]([C@H](NC(=O)[C@@H]2C[C@H](CC3CCC3)CCN2)C(C)C)[C@H](O)[C@H](O)[C@H]1O. The van der Waals surface area contributed by atoms with Gasteiger partial charge >= 0.3 is 0 Å². The zero-order valence-corrected chi connectivity index (χ0v) is 18.6. The fourth-order valence-electron chi connectivity index (χ4n) is 4.87. The Kier molecular flexibility index (Phi) is 8.26. The molecule has 0 aromatic rings. The first kappa shape index (κ1) is 23.3. The second kappa shape index (κ2) is 10.3. The molecule has 2 heterocycles. The lowest BCUT2D eigenvalue weighted by atomic mass is 9.75. The van der Waals surface area contributed by atoms with Crippen molar-refractivity contribution in [2.75, 3.05) is 12.8 Å². The van der Waals surface area contributed by atoms with E-state index >= 15 is 0 Å². The second-order valence-electron chi connectivity index (χ2n) is 9.38. The molecule has 2 saturated heterocycles. The van der Waals surface area contributed by atoms with Gasteiger partial charge in [0.15, 0.2) is 0 Å². The molecular formula is C21H38N2O5S. The summed E-state index contributed by atoms with van der Waals surface area (Å²) in [4.78, 5) is 13.0. The molecule has 7 nitrogen and oxygen atoms in total. The molecule has 1 amide bonds. The number of piperidine rings is 1. The van der Waals surface area contributed by atoms with Crippen molar-refractivity contribution < 1.29 is 24.9 Å². The number of hydrogen-bond donors (Lipinski definition) is 5. The first-order chi connectivity index (χ1) is 13.8. The lowest BCUT2D eigenvalue weighted by Gasteiger charge is -2.44. The Bertz CT molecular complexity index is 545. The fourth-order valence-corrected chi connectivity index (χ4v) is 5.55. The maximum atomic E-state index is 13.0. The smallest absolute Gasteiger partial charge is 0.237 e. The molecule has 3 rings (SSSR count). The quantitative estimate of drug-likeness (QED) is 0.407. The summed E-state index contributed by atoms with van der Waals surface area (Å²) >= 11 is 1.28. The maximum Gasteiger partial charge on any atom is 0.237 e. The second-order valence-corrected chi connectivity index (χ2v) is 10.3. The summed E-state index contributed by atoms with van der Waals surface area (Å²) in [5.41, 5.74) is -0.642. The summed E-state index contributed by atoms with van der Waals surface area (Å²) in [5.74, 6) is 1.36. The molecule has 8 atom stereocenters. The van der Waals surface area contributed by atoms with Crippen LogP contribution in [0.2, 0.25) is 0 Å². The Labute approximate surface area is 178 Å². The number of aliphatic hydroxyl groups is 3. The Morgan fingerprint density at radius 2 is 1.86 bits per heavy atom. The van der Waals surface area contributed by atoms with Crippen LogP contribution >= 0.6 is 11.8 Å². The largest absolute Gasteiger partial charge is 0.388 e. The van der Waals surface area contributed by atoms with E-state index in [1.165, 1.54) is 37.4 Å². The third kappa shape index (κ3) is 5.46. The number of aliphatic hydroxyl groups excluding tert-OH is 3. The highest BCUT2D eigenvalue weighted by Crippen LogP contribution is 2.35. The summed E-state index contributed by atoms with van der Waals surface area (Å²) in [6.45, 7) is 4.77. The van der Waals surface area contributed by atoms with Gasteiger partial charge in [0.25, 0.3) is 0 Å². The van der Waals surface area contributed by atoms with E-state index in [1.54, 1.807) is 6.26 Å². The highest BCUT2D eigenvalue weighted by molar-refractivity contribution is 7.99. The number of rotatable bonds is 7. The molecule has 0 unspecified atom stereocenters. The molecule has 29 heavy (non-hydrogen) atoms. The summed E-state index contributed by atoms with van der Waals surface area (Å²) < 4.78 is 5.91. The van der Waals surface area contributed by atoms with Crippen molar-refractivity contribution in [2.24, 2.45) is 17.8 Å². The predicted octanol–water partition coefficient (Wildman–Crippen LogP) is 0.856. The molecule has 5 N–H and O–H groups in total. The van der Waals surface area contributed by atoms with Crippen LogP contribution in [0.4, 0.5) is 0 Å². The zero-order chi connectivity index (χ0) is 21.1. The van der Waals surface area contributed by atoms with Crippen molar-refractivity contribution in [3.63, 3.8) is 0 Å². The van der Waals surface area contributed by atoms with Gasteiger partial charge in [-0.15, -0.1) is 11.8 Å². The van der Waals surface area contributed by atoms with E-state index in [4.69, 9.17) is 4.74 Å². The van der Waals surface area contributed by atoms with Crippen LogP contribution in [0.1, 0.15) is 52.4 Å². The normalized spacial score (nSPS) is 39.8. The van der Waals surface area contributed by atoms with Gasteiger partial charge in [-0.3, -0.25) is 4.79 Å². The summed E-state index contributed by atoms with van der Waals surface area (Å²) in [6, 6.07) is -0.689. The molecule has 0 spiro atoms. The number of carbonyl (C=O) groups is 1. The fraction of sp³-hybridized carbons (Fsp3) is 0.952. The van der Waals surface area contributed by atoms with Crippen molar-refractivity contribution in [2.45, 2.75) is 94.3 Å². The number of carbonyl (C=O) groups excluding carboxylic acids is 1. The highest BCUT2D eigenvalue weighted by atomic mass is 32.2. The van der Waals surface area contributed by atoms with Crippen LogP contribution in [0.3, 0.4) is 0 Å². The number of thioether (sulfide) groups is 1.